The van der Waals surface area contributed by atoms with Gasteiger partial charge in [-0.1, -0.05) is 11.3 Å². The van der Waals surface area contributed by atoms with Gasteiger partial charge in [-0.2, -0.15) is 39.1 Å². The molecule has 1 aliphatic heterocycles. The van der Waals surface area contributed by atoms with E-state index in [2.05, 4.69) is 10.9 Å². The van der Waals surface area contributed by atoms with E-state index in [1.165, 1.54) is 6.92 Å². The molecule has 1 aromatic heterocycles. The van der Waals surface area contributed by atoms with Crippen molar-refractivity contribution in [2.45, 2.75) is 73.4 Å². The zero-order chi connectivity index (χ0) is 30.2. The Morgan fingerprint density at radius 1 is 0.900 bits per heavy atom. The van der Waals surface area contributed by atoms with E-state index in [1.807, 2.05) is 0 Å². The molecule has 11 nitrogen and oxygen atoms in total. The molecule has 0 spiro atoms. The molecular formula is C21H24F6N2O9S2. The predicted molar refractivity (Wildman–Crippen MR) is 122 cm³/mol. The molecule has 2 unspecified atom stereocenters. The van der Waals surface area contributed by atoms with Gasteiger partial charge in [-0.05, 0) is 50.9 Å². The van der Waals surface area contributed by atoms with Crippen LogP contribution in [0.1, 0.15) is 62.0 Å². The van der Waals surface area contributed by atoms with E-state index in [0.29, 0.717) is 19.3 Å². The van der Waals surface area contributed by atoms with Crippen LogP contribution < -0.4 is 4.28 Å². The average molecular weight is 627 g/mol. The molecule has 1 saturated heterocycles. The molecule has 1 aromatic rings. The number of nitrogens with zero attached hydrogens (tertiary/aromatic N) is 2. The summed E-state index contributed by atoms with van der Waals surface area (Å²) in [5.41, 5.74) is -0.140. The van der Waals surface area contributed by atoms with Crippen LogP contribution in [-0.2, 0) is 29.7 Å². The van der Waals surface area contributed by atoms with Gasteiger partial charge in [0.1, 0.15) is 6.10 Å². The highest BCUT2D eigenvalue weighted by Gasteiger charge is 2.84. The third-order valence-corrected chi connectivity index (χ3v) is 10.5. The van der Waals surface area contributed by atoms with Gasteiger partial charge in [0.25, 0.3) is 10.0 Å². The lowest BCUT2D eigenvalue weighted by Gasteiger charge is -2.36. The van der Waals surface area contributed by atoms with Gasteiger partial charge in [-0.3, -0.25) is 4.28 Å². The Morgan fingerprint density at radius 2 is 1.38 bits per heavy atom. The topological polar surface area (TPSA) is 152 Å². The summed E-state index contributed by atoms with van der Waals surface area (Å²) in [6.07, 6.45) is -0.544. The summed E-state index contributed by atoms with van der Waals surface area (Å²) in [4.78, 5) is 11.6. The minimum atomic E-state index is -7.19. The number of piperidine rings is 1. The van der Waals surface area contributed by atoms with Gasteiger partial charge in [0.2, 0.25) is 11.8 Å². The largest absolute Gasteiger partial charge is 0.492 e. The van der Waals surface area contributed by atoms with Gasteiger partial charge in [-0.15, -0.1) is 0 Å². The highest BCUT2D eigenvalue weighted by molar-refractivity contribution is 7.90. The van der Waals surface area contributed by atoms with Crippen molar-refractivity contribution >= 4 is 26.1 Å². The molecular weight excluding hydrogens is 602 g/mol. The summed E-state index contributed by atoms with van der Waals surface area (Å²) in [5, 5.41) is 6.91. The number of hydrogen-bond donors (Lipinski definition) is 2. The molecule has 2 bridgehead atoms. The second-order valence-electron chi connectivity index (χ2n) is 9.90. The summed E-state index contributed by atoms with van der Waals surface area (Å²) in [6.45, 7) is 2.70. The van der Waals surface area contributed by atoms with Crippen molar-refractivity contribution in [3.8, 4) is 11.8 Å². The van der Waals surface area contributed by atoms with Crippen molar-refractivity contribution in [1.82, 2.24) is 9.04 Å². The Morgan fingerprint density at radius 3 is 1.82 bits per heavy atom. The van der Waals surface area contributed by atoms with Crippen molar-refractivity contribution in [2.75, 3.05) is 13.1 Å². The van der Waals surface area contributed by atoms with E-state index < -0.39 is 103 Å². The minimum absolute atomic E-state index is 0.0367. The van der Waals surface area contributed by atoms with Crippen LogP contribution in [0.5, 0.6) is 11.8 Å². The number of halogens is 6. The van der Waals surface area contributed by atoms with Crippen LogP contribution in [0, 0.1) is 0 Å². The quantitative estimate of drug-likeness (QED) is 0.239. The predicted octanol–water partition coefficient (Wildman–Crippen LogP) is 2.76. The van der Waals surface area contributed by atoms with Crippen LogP contribution in [0.4, 0.5) is 26.3 Å². The lowest BCUT2D eigenvalue weighted by atomic mass is 9.95. The third kappa shape index (κ3) is 4.22. The first kappa shape index (κ1) is 30.3. The highest BCUT2D eigenvalue weighted by Crippen LogP contribution is 2.60. The van der Waals surface area contributed by atoms with E-state index in [1.54, 1.807) is 0 Å². The first-order valence-electron chi connectivity index (χ1n) is 11.8. The Hall–Kier alpha value is -2.67. The number of carbonyl (C=O) groups excluding carboxylic acids is 1. The molecule has 0 amide bonds. The summed E-state index contributed by atoms with van der Waals surface area (Å²) in [5.74, 6) is -11.2. The fourth-order valence-electron chi connectivity index (χ4n) is 5.18. The number of ether oxygens (including phenoxy) is 1. The standard InChI is InChI=1S/C21H24F6N2O9S2/c1-10(2)18(32)37-13-5-7-28(8-6-13)39(33,34)20(24,25)19(22,23)21(26,27)40(35,36)38-29-16(30)14-11-3-4-12(9-11)15(14)17(29)31/h11-13,30-31H,1,3-9H2,2H3. The van der Waals surface area contributed by atoms with Crippen LogP contribution in [-0.4, -0.2) is 77.7 Å². The maximum Gasteiger partial charge on any atom is 0.452 e. The molecule has 2 aliphatic carbocycles. The van der Waals surface area contributed by atoms with Gasteiger partial charge in [0, 0.05) is 29.8 Å². The van der Waals surface area contributed by atoms with E-state index in [-0.39, 0.29) is 21.0 Å². The Labute approximate surface area is 224 Å². The van der Waals surface area contributed by atoms with Crippen LogP contribution in [0.25, 0.3) is 0 Å². The molecule has 2 heterocycles. The fourth-order valence-corrected chi connectivity index (χ4v) is 7.59. The van der Waals surface area contributed by atoms with Crippen LogP contribution in [0.3, 0.4) is 0 Å². The summed E-state index contributed by atoms with van der Waals surface area (Å²) < 4.78 is 146. The number of aromatic hydroxyl groups is 2. The maximum atomic E-state index is 14.8. The number of sulfonamides is 1. The maximum absolute atomic E-state index is 14.8. The number of hydrogen-bond acceptors (Lipinski definition) is 9. The van der Waals surface area contributed by atoms with Gasteiger partial charge in [0.05, 0.1) is 0 Å². The zero-order valence-corrected chi connectivity index (χ0v) is 22.3. The number of carbonyl (C=O) groups is 1. The van der Waals surface area contributed by atoms with Crippen LogP contribution >= 0.6 is 0 Å². The third-order valence-electron chi connectivity index (χ3n) is 7.31. The molecule has 0 radical (unpaired) electrons. The molecule has 40 heavy (non-hydrogen) atoms. The number of alkyl halides is 6. The van der Waals surface area contributed by atoms with E-state index >= 15 is 0 Å². The Kier molecular flexibility index (Phi) is 7.14. The summed E-state index contributed by atoms with van der Waals surface area (Å²) >= 11 is 0. The normalized spacial score (nSPS) is 22.8. The second kappa shape index (κ2) is 9.43. The molecule has 19 heteroatoms. The van der Waals surface area contributed by atoms with Gasteiger partial charge in [-0.25, -0.2) is 13.2 Å². The molecule has 2 atom stereocenters. The smallest absolute Gasteiger partial charge is 0.452 e. The lowest BCUT2D eigenvalue weighted by Crippen LogP contribution is -2.64. The van der Waals surface area contributed by atoms with E-state index in [4.69, 9.17) is 4.74 Å². The van der Waals surface area contributed by atoms with Crippen LogP contribution in [0.2, 0.25) is 0 Å². The zero-order valence-electron chi connectivity index (χ0n) is 20.6. The SMILES string of the molecule is C=C(C)C(=O)OC1CCN(S(=O)(=O)C(F)(F)C(F)(F)C(F)(F)S(=O)(=O)On2c(O)c3c(c2O)C2CCC3C2)CC1. The van der Waals surface area contributed by atoms with Crippen molar-refractivity contribution in [2.24, 2.45) is 0 Å². The second-order valence-corrected chi connectivity index (χ2v) is 13.5. The van der Waals surface area contributed by atoms with Crippen molar-refractivity contribution < 1.29 is 67.2 Å². The lowest BCUT2D eigenvalue weighted by molar-refractivity contribution is -0.247. The van der Waals surface area contributed by atoms with E-state index in [9.17, 15) is 58.2 Å². The molecule has 3 aliphatic rings. The van der Waals surface area contributed by atoms with Crippen molar-refractivity contribution in [1.29, 1.82) is 0 Å². The molecule has 2 fully saturated rings. The molecule has 226 valence electrons. The molecule has 2 N–H and O–H groups in total. The van der Waals surface area contributed by atoms with Gasteiger partial charge >= 0.3 is 32.5 Å². The number of fused-ring (bicyclic) bond motifs is 5. The minimum Gasteiger partial charge on any atom is -0.492 e. The Bertz CT molecular complexity index is 1420. The van der Waals surface area contributed by atoms with E-state index in [0.717, 1.165) is 0 Å². The first-order chi connectivity index (χ1) is 18.2. The monoisotopic (exact) mass is 626 g/mol. The molecule has 0 aromatic carbocycles. The summed E-state index contributed by atoms with van der Waals surface area (Å²) in [6, 6.07) is 0. The van der Waals surface area contributed by atoms with Gasteiger partial charge < -0.3 is 14.9 Å². The number of rotatable bonds is 9. The molecule has 1 saturated carbocycles. The molecule has 4 rings (SSSR count). The summed E-state index contributed by atoms with van der Waals surface area (Å²) in [7, 11) is -13.8. The highest BCUT2D eigenvalue weighted by atomic mass is 32.2. The van der Waals surface area contributed by atoms with Crippen molar-refractivity contribution in [3.05, 3.63) is 23.3 Å². The Balaban J connectivity index is 1.57. The number of aromatic nitrogens is 1. The van der Waals surface area contributed by atoms with Gasteiger partial charge in [0.15, 0.2) is 0 Å². The average Bonchev–Trinajstić information content (AvgIpc) is 3.54. The fraction of sp³-hybridized carbons (Fsp3) is 0.667. The number of esters is 1. The van der Waals surface area contributed by atoms with Crippen LogP contribution in [0.15, 0.2) is 12.2 Å². The first-order valence-corrected chi connectivity index (χ1v) is 14.6. The van der Waals surface area contributed by atoms with Crippen molar-refractivity contribution in [3.63, 3.8) is 0 Å².